The molecular weight excluding hydrogens is 280 g/mol. The summed E-state index contributed by atoms with van der Waals surface area (Å²) in [5.74, 6) is -0.287. The van der Waals surface area contributed by atoms with Gasteiger partial charge in [0.2, 0.25) is 11.8 Å². The third kappa shape index (κ3) is 7.04. The zero-order valence-corrected chi connectivity index (χ0v) is 13.3. The normalized spacial score (nSPS) is 11.5. The molecule has 22 heavy (non-hydrogen) atoms. The highest BCUT2D eigenvalue weighted by Gasteiger charge is 2.17. The van der Waals surface area contributed by atoms with Crippen molar-refractivity contribution in [3.8, 4) is 0 Å². The lowest BCUT2D eigenvalue weighted by atomic mass is 9.90. The van der Waals surface area contributed by atoms with Gasteiger partial charge in [0.05, 0.1) is 0 Å². The molecular formula is C17H24N2O3. The topological polar surface area (TPSA) is 78.4 Å². The molecule has 3 N–H and O–H groups in total. The Morgan fingerprint density at radius 2 is 1.86 bits per heavy atom. The predicted octanol–water partition coefficient (Wildman–Crippen LogP) is 2.18. The van der Waals surface area contributed by atoms with E-state index in [0.717, 1.165) is 11.3 Å². The fraction of sp³-hybridized carbons (Fsp3) is 0.412. The van der Waals surface area contributed by atoms with Crippen LogP contribution in [0.2, 0.25) is 0 Å². The van der Waals surface area contributed by atoms with Gasteiger partial charge in [-0.05, 0) is 35.6 Å². The standard InChI is InChI=1S/C17H24N2O3/c1-13(21)19-15-7-4-14(5-8-15)6-9-16(22)18-12-17(2,3)10-11-20/h4-9,20H,10-12H2,1-3H3,(H,18,22)(H,19,21)/b9-6+. The molecule has 0 aromatic heterocycles. The van der Waals surface area contributed by atoms with Crippen molar-refractivity contribution in [2.24, 2.45) is 5.41 Å². The lowest BCUT2D eigenvalue weighted by molar-refractivity contribution is -0.117. The maximum Gasteiger partial charge on any atom is 0.244 e. The van der Waals surface area contributed by atoms with E-state index in [0.29, 0.717) is 13.0 Å². The summed E-state index contributed by atoms with van der Waals surface area (Å²) in [6, 6.07) is 7.21. The van der Waals surface area contributed by atoms with Crippen LogP contribution in [-0.2, 0) is 9.59 Å². The van der Waals surface area contributed by atoms with Crippen molar-refractivity contribution >= 4 is 23.6 Å². The fourth-order valence-corrected chi connectivity index (χ4v) is 1.83. The Labute approximate surface area is 131 Å². The van der Waals surface area contributed by atoms with Crippen LogP contribution >= 0.6 is 0 Å². The number of amides is 2. The van der Waals surface area contributed by atoms with E-state index in [2.05, 4.69) is 10.6 Å². The summed E-state index contributed by atoms with van der Waals surface area (Å²) in [5, 5.41) is 14.4. The van der Waals surface area contributed by atoms with E-state index in [1.165, 1.54) is 13.0 Å². The number of nitrogens with one attached hydrogen (secondary N) is 2. The van der Waals surface area contributed by atoms with Gasteiger partial charge >= 0.3 is 0 Å². The molecule has 2 amide bonds. The highest BCUT2D eigenvalue weighted by Crippen LogP contribution is 2.17. The smallest absolute Gasteiger partial charge is 0.244 e. The molecule has 0 saturated heterocycles. The Hall–Kier alpha value is -2.14. The zero-order chi connectivity index (χ0) is 16.6. The maximum absolute atomic E-state index is 11.8. The van der Waals surface area contributed by atoms with Gasteiger partial charge in [-0.2, -0.15) is 0 Å². The van der Waals surface area contributed by atoms with E-state index >= 15 is 0 Å². The predicted molar refractivity (Wildman–Crippen MR) is 88.3 cm³/mol. The lowest BCUT2D eigenvalue weighted by Crippen LogP contribution is -2.33. The number of anilines is 1. The van der Waals surface area contributed by atoms with Gasteiger partial charge in [0.1, 0.15) is 0 Å². The number of aliphatic hydroxyl groups is 1. The molecule has 0 spiro atoms. The molecule has 120 valence electrons. The number of rotatable bonds is 7. The Morgan fingerprint density at radius 3 is 2.41 bits per heavy atom. The first-order valence-corrected chi connectivity index (χ1v) is 7.27. The van der Waals surface area contributed by atoms with Gasteiger partial charge in [0.15, 0.2) is 0 Å². The number of benzene rings is 1. The summed E-state index contributed by atoms with van der Waals surface area (Å²) < 4.78 is 0. The summed E-state index contributed by atoms with van der Waals surface area (Å²) in [6.45, 7) is 6.07. The van der Waals surface area contributed by atoms with Crippen LogP contribution in [0.3, 0.4) is 0 Å². The molecule has 0 saturated carbocycles. The van der Waals surface area contributed by atoms with Crippen LogP contribution in [0.15, 0.2) is 30.3 Å². The quantitative estimate of drug-likeness (QED) is 0.676. The van der Waals surface area contributed by atoms with Crippen molar-refractivity contribution in [3.63, 3.8) is 0 Å². The average Bonchev–Trinajstić information content (AvgIpc) is 2.44. The highest BCUT2D eigenvalue weighted by molar-refractivity contribution is 5.92. The first kappa shape index (κ1) is 17.9. The Bertz CT molecular complexity index is 533. The third-order valence-electron chi connectivity index (χ3n) is 3.19. The highest BCUT2D eigenvalue weighted by atomic mass is 16.3. The van der Waals surface area contributed by atoms with Crippen molar-refractivity contribution in [1.82, 2.24) is 5.32 Å². The van der Waals surface area contributed by atoms with Gasteiger partial charge in [0.25, 0.3) is 0 Å². The van der Waals surface area contributed by atoms with Crippen LogP contribution in [-0.4, -0.2) is 30.1 Å². The van der Waals surface area contributed by atoms with Crippen LogP contribution in [0.4, 0.5) is 5.69 Å². The second-order valence-electron chi connectivity index (χ2n) is 5.99. The van der Waals surface area contributed by atoms with Crippen molar-refractivity contribution < 1.29 is 14.7 Å². The van der Waals surface area contributed by atoms with Gasteiger partial charge in [-0.25, -0.2) is 0 Å². The van der Waals surface area contributed by atoms with Gasteiger partial charge in [0, 0.05) is 31.8 Å². The Balaban J connectivity index is 2.50. The molecule has 0 radical (unpaired) electrons. The van der Waals surface area contributed by atoms with E-state index in [1.54, 1.807) is 18.2 Å². The molecule has 1 rings (SSSR count). The molecule has 1 aromatic carbocycles. The minimum atomic E-state index is -0.169. The van der Waals surface area contributed by atoms with Crippen molar-refractivity contribution in [2.75, 3.05) is 18.5 Å². The molecule has 0 bridgehead atoms. The van der Waals surface area contributed by atoms with Crippen molar-refractivity contribution in [2.45, 2.75) is 27.2 Å². The van der Waals surface area contributed by atoms with E-state index in [-0.39, 0.29) is 23.8 Å². The van der Waals surface area contributed by atoms with Crippen LogP contribution < -0.4 is 10.6 Å². The van der Waals surface area contributed by atoms with E-state index in [4.69, 9.17) is 5.11 Å². The van der Waals surface area contributed by atoms with Crippen LogP contribution in [0.1, 0.15) is 32.8 Å². The fourth-order valence-electron chi connectivity index (χ4n) is 1.83. The molecule has 0 aliphatic rings. The molecule has 0 unspecified atom stereocenters. The van der Waals surface area contributed by atoms with Crippen LogP contribution in [0.5, 0.6) is 0 Å². The van der Waals surface area contributed by atoms with Crippen molar-refractivity contribution in [3.05, 3.63) is 35.9 Å². The third-order valence-corrected chi connectivity index (χ3v) is 3.19. The Morgan fingerprint density at radius 1 is 1.23 bits per heavy atom. The molecule has 5 nitrogen and oxygen atoms in total. The number of hydrogen-bond donors (Lipinski definition) is 3. The SMILES string of the molecule is CC(=O)Nc1ccc(/C=C/C(=O)NCC(C)(C)CCO)cc1. The molecule has 0 aliphatic carbocycles. The number of carbonyl (C=O) groups is 2. The minimum Gasteiger partial charge on any atom is -0.396 e. The first-order chi connectivity index (χ1) is 10.3. The summed E-state index contributed by atoms with van der Waals surface area (Å²) in [7, 11) is 0. The monoisotopic (exact) mass is 304 g/mol. The van der Waals surface area contributed by atoms with Crippen molar-refractivity contribution in [1.29, 1.82) is 0 Å². The molecule has 1 aromatic rings. The summed E-state index contributed by atoms with van der Waals surface area (Å²) in [4.78, 5) is 22.7. The summed E-state index contributed by atoms with van der Waals surface area (Å²) >= 11 is 0. The maximum atomic E-state index is 11.8. The minimum absolute atomic E-state index is 0.110. The molecule has 5 heteroatoms. The number of carbonyl (C=O) groups excluding carboxylic acids is 2. The van der Waals surface area contributed by atoms with Gasteiger partial charge in [-0.1, -0.05) is 26.0 Å². The van der Waals surface area contributed by atoms with Gasteiger partial charge in [-0.15, -0.1) is 0 Å². The largest absolute Gasteiger partial charge is 0.396 e. The summed E-state index contributed by atoms with van der Waals surface area (Å²) in [6.07, 6.45) is 3.83. The average molecular weight is 304 g/mol. The number of aliphatic hydroxyl groups excluding tert-OH is 1. The van der Waals surface area contributed by atoms with Gasteiger partial charge < -0.3 is 15.7 Å². The zero-order valence-electron chi connectivity index (χ0n) is 13.3. The van der Waals surface area contributed by atoms with Gasteiger partial charge in [-0.3, -0.25) is 9.59 Å². The molecule has 0 atom stereocenters. The second kappa shape index (κ2) is 8.34. The van der Waals surface area contributed by atoms with Crippen LogP contribution in [0, 0.1) is 5.41 Å². The number of hydrogen-bond acceptors (Lipinski definition) is 3. The first-order valence-electron chi connectivity index (χ1n) is 7.27. The van der Waals surface area contributed by atoms with E-state index < -0.39 is 0 Å². The van der Waals surface area contributed by atoms with E-state index in [9.17, 15) is 9.59 Å². The van der Waals surface area contributed by atoms with E-state index in [1.807, 2.05) is 26.0 Å². The lowest BCUT2D eigenvalue weighted by Gasteiger charge is -2.23. The molecule has 0 fully saturated rings. The molecule has 0 heterocycles. The Kier molecular flexibility index (Phi) is 6.79. The molecule has 0 aliphatic heterocycles. The van der Waals surface area contributed by atoms with Crippen LogP contribution in [0.25, 0.3) is 6.08 Å². The second-order valence-corrected chi connectivity index (χ2v) is 5.99. The summed E-state index contributed by atoms with van der Waals surface area (Å²) in [5.41, 5.74) is 1.47.